The van der Waals surface area contributed by atoms with Crippen LogP contribution >= 0.6 is 0 Å². The number of hydrogen-bond acceptors (Lipinski definition) is 2. The van der Waals surface area contributed by atoms with E-state index >= 15 is 8.78 Å². The SMILES string of the molecule is CCCCCCC1CCC2CC(c3cc4ccc(C(=O)OC)c(F)c4c(F)c3F)CCC2C1. The minimum Gasteiger partial charge on any atom is -0.465 e. The van der Waals surface area contributed by atoms with Crippen molar-refractivity contribution in [2.24, 2.45) is 17.8 Å². The van der Waals surface area contributed by atoms with Gasteiger partial charge in [0.15, 0.2) is 11.6 Å². The first-order valence-corrected chi connectivity index (χ1v) is 12.6. The molecule has 0 aromatic heterocycles. The zero-order valence-electron chi connectivity index (χ0n) is 19.8. The van der Waals surface area contributed by atoms with E-state index in [1.165, 1.54) is 63.5 Å². The number of methoxy groups -OCH3 is 1. The van der Waals surface area contributed by atoms with Crippen molar-refractivity contribution in [1.82, 2.24) is 0 Å². The lowest BCUT2D eigenvalue weighted by molar-refractivity contribution is 0.0596. The molecule has 2 aliphatic carbocycles. The predicted octanol–water partition coefficient (Wildman–Crippen LogP) is 8.31. The van der Waals surface area contributed by atoms with Crippen molar-refractivity contribution in [3.05, 3.63) is 46.8 Å². The highest BCUT2D eigenvalue weighted by Gasteiger charge is 2.37. The van der Waals surface area contributed by atoms with Gasteiger partial charge in [-0.15, -0.1) is 0 Å². The van der Waals surface area contributed by atoms with E-state index in [1.54, 1.807) is 6.07 Å². The van der Waals surface area contributed by atoms with Gasteiger partial charge in [0.2, 0.25) is 0 Å². The summed E-state index contributed by atoms with van der Waals surface area (Å²) >= 11 is 0. The van der Waals surface area contributed by atoms with E-state index in [0.29, 0.717) is 17.4 Å². The first-order chi connectivity index (χ1) is 15.9. The molecule has 4 rings (SSSR count). The Kier molecular flexibility index (Phi) is 7.65. The van der Waals surface area contributed by atoms with E-state index in [0.717, 1.165) is 32.3 Å². The molecule has 0 bridgehead atoms. The maximum atomic E-state index is 15.1. The van der Waals surface area contributed by atoms with Crippen molar-refractivity contribution < 1.29 is 22.7 Å². The van der Waals surface area contributed by atoms with Crippen LogP contribution in [-0.2, 0) is 4.74 Å². The van der Waals surface area contributed by atoms with Gasteiger partial charge in [0, 0.05) is 0 Å². The molecule has 0 saturated heterocycles. The van der Waals surface area contributed by atoms with Crippen LogP contribution in [0.4, 0.5) is 13.2 Å². The summed E-state index contributed by atoms with van der Waals surface area (Å²) in [5.74, 6) is -2.12. The second-order valence-corrected chi connectivity index (χ2v) is 10.2. The lowest BCUT2D eigenvalue weighted by atomic mass is 9.63. The summed E-state index contributed by atoms with van der Waals surface area (Å²) in [6, 6.07) is 4.34. The Morgan fingerprint density at radius 2 is 1.70 bits per heavy atom. The summed E-state index contributed by atoms with van der Waals surface area (Å²) in [5.41, 5.74) is -0.0339. The van der Waals surface area contributed by atoms with E-state index in [9.17, 15) is 9.18 Å². The number of halogens is 3. The minimum atomic E-state index is -1.20. The third-order valence-electron chi connectivity index (χ3n) is 8.18. The van der Waals surface area contributed by atoms with Gasteiger partial charge in [-0.1, -0.05) is 51.5 Å². The molecule has 2 saturated carbocycles. The monoisotopic (exact) mass is 460 g/mol. The van der Waals surface area contributed by atoms with Crippen LogP contribution in [0, 0.1) is 35.2 Å². The summed E-state index contributed by atoms with van der Waals surface area (Å²) in [4.78, 5) is 11.8. The fraction of sp³-hybridized carbons (Fsp3) is 0.607. The van der Waals surface area contributed by atoms with Crippen molar-refractivity contribution in [3.63, 3.8) is 0 Å². The summed E-state index contributed by atoms with van der Waals surface area (Å²) in [6.07, 6.45) is 13.0. The number of ether oxygens (including phenoxy) is 1. The van der Waals surface area contributed by atoms with Crippen molar-refractivity contribution in [2.75, 3.05) is 7.11 Å². The molecule has 0 spiro atoms. The Morgan fingerprint density at radius 1 is 0.939 bits per heavy atom. The van der Waals surface area contributed by atoms with E-state index in [-0.39, 0.29) is 16.9 Å². The predicted molar refractivity (Wildman–Crippen MR) is 125 cm³/mol. The molecule has 0 heterocycles. The largest absolute Gasteiger partial charge is 0.465 e. The summed E-state index contributed by atoms with van der Waals surface area (Å²) < 4.78 is 49.5. The summed E-state index contributed by atoms with van der Waals surface area (Å²) in [7, 11) is 1.13. The molecule has 2 aliphatic rings. The number of rotatable bonds is 7. The molecule has 4 atom stereocenters. The Labute approximate surface area is 194 Å². The first-order valence-electron chi connectivity index (χ1n) is 12.6. The average molecular weight is 461 g/mol. The molecule has 2 aromatic rings. The lowest BCUT2D eigenvalue weighted by Crippen LogP contribution is -2.30. The highest BCUT2D eigenvalue weighted by Crippen LogP contribution is 2.49. The topological polar surface area (TPSA) is 26.3 Å². The van der Waals surface area contributed by atoms with Gasteiger partial charge in [-0.25, -0.2) is 18.0 Å². The minimum absolute atomic E-state index is 0.0467. The van der Waals surface area contributed by atoms with E-state index in [1.807, 2.05) is 0 Å². The van der Waals surface area contributed by atoms with Gasteiger partial charge >= 0.3 is 5.97 Å². The molecular weight excluding hydrogens is 425 g/mol. The molecule has 2 aromatic carbocycles. The Balaban J connectivity index is 1.49. The molecule has 180 valence electrons. The summed E-state index contributed by atoms with van der Waals surface area (Å²) in [6.45, 7) is 2.24. The van der Waals surface area contributed by atoms with Crippen molar-refractivity contribution in [1.29, 1.82) is 0 Å². The number of esters is 1. The number of hydrogen-bond donors (Lipinski definition) is 0. The second-order valence-electron chi connectivity index (χ2n) is 10.2. The number of benzene rings is 2. The van der Waals surface area contributed by atoms with E-state index < -0.39 is 28.8 Å². The molecule has 5 heteroatoms. The molecule has 2 nitrogen and oxygen atoms in total. The van der Waals surface area contributed by atoms with Crippen molar-refractivity contribution in [3.8, 4) is 0 Å². The number of fused-ring (bicyclic) bond motifs is 2. The van der Waals surface area contributed by atoms with Crippen LogP contribution in [0.2, 0.25) is 0 Å². The van der Waals surface area contributed by atoms with E-state index in [4.69, 9.17) is 0 Å². The molecule has 33 heavy (non-hydrogen) atoms. The van der Waals surface area contributed by atoms with Crippen LogP contribution < -0.4 is 0 Å². The third kappa shape index (κ3) is 4.93. The van der Waals surface area contributed by atoms with Crippen molar-refractivity contribution in [2.45, 2.75) is 83.5 Å². The van der Waals surface area contributed by atoms with Gasteiger partial charge < -0.3 is 4.74 Å². The van der Waals surface area contributed by atoms with Gasteiger partial charge in [0.25, 0.3) is 0 Å². The lowest BCUT2D eigenvalue weighted by Gasteiger charge is -2.42. The van der Waals surface area contributed by atoms with Gasteiger partial charge in [-0.2, -0.15) is 0 Å². The Morgan fingerprint density at radius 3 is 2.45 bits per heavy atom. The summed E-state index contributed by atoms with van der Waals surface area (Å²) in [5, 5.41) is -0.191. The molecule has 0 amide bonds. The molecule has 2 fully saturated rings. The smallest absolute Gasteiger partial charge is 0.340 e. The second kappa shape index (κ2) is 10.5. The normalized spacial score (nSPS) is 25.1. The van der Waals surface area contributed by atoms with Crippen LogP contribution in [0.1, 0.15) is 99.4 Å². The fourth-order valence-corrected chi connectivity index (χ4v) is 6.36. The van der Waals surface area contributed by atoms with Crippen LogP contribution in [0.15, 0.2) is 18.2 Å². The average Bonchev–Trinajstić information content (AvgIpc) is 2.83. The van der Waals surface area contributed by atoms with Crippen LogP contribution in [0.3, 0.4) is 0 Å². The standard InChI is InChI=1S/C28H35F3O2/c1-3-4-5-6-7-17-8-9-19-15-20(11-10-18(19)14-17)23-16-21-12-13-22(28(32)33-2)25(29)24(21)27(31)26(23)30/h12-13,16-20H,3-11,14-15H2,1-2H3. The molecule has 0 aliphatic heterocycles. The maximum absolute atomic E-state index is 15.1. The Bertz CT molecular complexity index is 1000. The third-order valence-corrected chi connectivity index (χ3v) is 8.18. The molecule has 0 N–H and O–H groups in total. The number of carbonyl (C=O) groups is 1. The molecule has 0 radical (unpaired) electrons. The fourth-order valence-electron chi connectivity index (χ4n) is 6.36. The van der Waals surface area contributed by atoms with E-state index in [2.05, 4.69) is 11.7 Å². The molecular formula is C28H35F3O2. The maximum Gasteiger partial charge on any atom is 0.340 e. The van der Waals surface area contributed by atoms with Crippen LogP contribution in [0.25, 0.3) is 10.8 Å². The molecule has 4 unspecified atom stereocenters. The highest BCUT2D eigenvalue weighted by atomic mass is 19.2. The number of carbonyl (C=O) groups excluding carboxylic acids is 1. The van der Waals surface area contributed by atoms with Gasteiger partial charge in [-0.05, 0) is 78.9 Å². The Hall–Kier alpha value is -2.04. The van der Waals surface area contributed by atoms with Gasteiger partial charge in [0.1, 0.15) is 5.82 Å². The first kappa shape index (κ1) is 24.1. The highest BCUT2D eigenvalue weighted by molar-refractivity contribution is 5.96. The zero-order chi connectivity index (χ0) is 23.5. The zero-order valence-corrected chi connectivity index (χ0v) is 19.8. The van der Waals surface area contributed by atoms with Crippen LogP contribution in [0.5, 0.6) is 0 Å². The van der Waals surface area contributed by atoms with Gasteiger partial charge in [0.05, 0.1) is 18.1 Å². The quantitative estimate of drug-likeness (QED) is 0.307. The van der Waals surface area contributed by atoms with Crippen molar-refractivity contribution >= 4 is 16.7 Å². The van der Waals surface area contributed by atoms with Crippen LogP contribution in [-0.4, -0.2) is 13.1 Å². The van der Waals surface area contributed by atoms with Gasteiger partial charge in [-0.3, -0.25) is 0 Å². The number of unbranched alkanes of at least 4 members (excludes halogenated alkanes) is 3.